The number of hydrogen-bond acceptors (Lipinski definition) is 4. The van der Waals surface area contributed by atoms with Crippen LogP contribution in [0.25, 0.3) is 0 Å². The molecule has 0 unspecified atom stereocenters. The van der Waals surface area contributed by atoms with Gasteiger partial charge in [-0.05, 0) is 61.7 Å². The van der Waals surface area contributed by atoms with E-state index in [-0.39, 0.29) is 11.8 Å². The largest absolute Gasteiger partial charge is 0.337 e. The molecule has 2 heterocycles. The van der Waals surface area contributed by atoms with Crippen molar-refractivity contribution >= 4 is 27.3 Å². The Hall–Kier alpha value is -2.48. The van der Waals surface area contributed by atoms with Gasteiger partial charge in [0.05, 0.1) is 11.4 Å². The number of rotatable bonds is 8. The highest BCUT2D eigenvalue weighted by Crippen LogP contribution is 2.28. The van der Waals surface area contributed by atoms with E-state index in [9.17, 15) is 13.2 Å². The fourth-order valence-electron chi connectivity index (χ4n) is 4.60. The van der Waals surface area contributed by atoms with Crippen LogP contribution >= 0.6 is 11.3 Å². The normalized spacial score (nSPS) is 15.4. The van der Waals surface area contributed by atoms with Crippen molar-refractivity contribution < 1.29 is 13.2 Å². The maximum absolute atomic E-state index is 13.5. The van der Waals surface area contributed by atoms with Crippen molar-refractivity contribution in [1.82, 2.24) is 9.21 Å². The van der Waals surface area contributed by atoms with Crippen LogP contribution in [0.4, 0.5) is 0 Å². The number of sulfonamides is 1. The topological polar surface area (TPSA) is 57.7 Å². The van der Waals surface area contributed by atoms with Crippen molar-refractivity contribution in [2.75, 3.05) is 19.6 Å². The van der Waals surface area contributed by atoms with Crippen LogP contribution in [0.2, 0.25) is 0 Å². The Morgan fingerprint density at radius 2 is 1.76 bits per heavy atom. The minimum atomic E-state index is -3.56. The second-order valence-corrected chi connectivity index (χ2v) is 12.0. The summed E-state index contributed by atoms with van der Waals surface area (Å²) < 4.78 is 28.0. The molecule has 1 amide bonds. The number of carbonyl (C=O) groups is 1. The predicted molar refractivity (Wildman–Crippen MR) is 137 cm³/mol. The first kappa shape index (κ1) is 24.6. The lowest BCUT2D eigenvalue weighted by molar-refractivity contribution is -0.137. The second kappa shape index (κ2) is 10.8. The van der Waals surface area contributed by atoms with Gasteiger partial charge in [-0.1, -0.05) is 54.1 Å². The summed E-state index contributed by atoms with van der Waals surface area (Å²) >= 11 is 1.66. The van der Waals surface area contributed by atoms with Crippen molar-refractivity contribution in [3.63, 3.8) is 0 Å². The molecule has 1 saturated heterocycles. The number of nitrogens with zero attached hydrogens (tertiary/aromatic N) is 2. The van der Waals surface area contributed by atoms with E-state index in [2.05, 4.69) is 18.2 Å². The minimum absolute atomic E-state index is 0.132. The molecule has 1 aliphatic rings. The molecule has 0 radical (unpaired) electrons. The molecular formula is C27H32N2O3S2. The first-order chi connectivity index (χ1) is 16.3. The van der Waals surface area contributed by atoms with Gasteiger partial charge in [0.25, 0.3) is 0 Å². The fourth-order valence-corrected chi connectivity index (χ4v) is 6.99. The van der Waals surface area contributed by atoms with E-state index in [4.69, 9.17) is 0 Å². The summed E-state index contributed by atoms with van der Waals surface area (Å²) in [5, 5.41) is 2.03. The highest BCUT2D eigenvalue weighted by molar-refractivity contribution is 7.89. The molecule has 0 saturated carbocycles. The number of thiophene rings is 1. The van der Waals surface area contributed by atoms with Crippen LogP contribution in [0, 0.1) is 19.8 Å². The zero-order valence-corrected chi connectivity index (χ0v) is 21.4. The SMILES string of the molecule is Cc1ccc(S(=O)(=O)N2CCC(C(=O)N(CCc3ccccc3)Cc3cccs3)CC2)c(C)c1. The number of piperidine rings is 1. The monoisotopic (exact) mass is 496 g/mol. The van der Waals surface area contributed by atoms with Gasteiger partial charge in [-0.15, -0.1) is 11.3 Å². The van der Waals surface area contributed by atoms with Gasteiger partial charge in [0.2, 0.25) is 15.9 Å². The standard InChI is InChI=1S/C27H32N2O3S2/c1-21-10-11-26(22(2)19-21)34(31,32)29-16-13-24(14-17-29)27(30)28(20-25-9-6-18-33-25)15-12-23-7-4-3-5-8-23/h3-11,18-19,24H,12-17,20H2,1-2H3. The smallest absolute Gasteiger partial charge is 0.243 e. The lowest BCUT2D eigenvalue weighted by Gasteiger charge is -2.34. The van der Waals surface area contributed by atoms with E-state index >= 15 is 0 Å². The average molecular weight is 497 g/mol. The van der Waals surface area contributed by atoms with E-state index in [0.29, 0.717) is 43.9 Å². The van der Waals surface area contributed by atoms with E-state index in [1.807, 2.05) is 60.5 Å². The molecule has 34 heavy (non-hydrogen) atoms. The third-order valence-corrected chi connectivity index (χ3v) is 9.42. The lowest BCUT2D eigenvalue weighted by Crippen LogP contribution is -2.44. The summed E-state index contributed by atoms with van der Waals surface area (Å²) in [6.45, 7) is 5.80. The molecule has 0 bridgehead atoms. The van der Waals surface area contributed by atoms with Gasteiger partial charge in [-0.2, -0.15) is 4.31 Å². The van der Waals surface area contributed by atoms with Crippen LogP contribution in [0.15, 0.2) is 70.9 Å². The Kier molecular flexibility index (Phi) is 7.86. The van der Waals surface area contributed by atoms with Crippen molar-refractivity contribution in [1.29, 1.82) is 0 Å². The number of hydrogen-bond donors (Lipinski definition) is 0. The highest BCUT2D eigenvalue weighted by Gasteiger charge is 2.34. The Balaban J connectivity index is 1.42. The van der Waals surface area contributed by atoms with Crippen LogP contribution in [0.5, 0.6) is 0 Å². The fraction of sp³-hybridized carbons (Fsp3) is 0.370. The quantitative estimate of drug-likeness (QED) is 0.439. The predicted octanol–water partition coefficient (Wildman–Crippen LogP) is 5.04. The van der Waals surface area contributed by atoms with Crippen LogP contribution in [0.3, 0.4) is 0 Å². The summed E-state index contributed by atoms with van der Waals surface area (Å²) in [7, 11) is -3.56. The summed E-state index contributed by atoms with van der Waals surface area (Å²) in [5.41, 5.74) is 3.02. The van der Waals surface area contributed by atoms with Crippen molar-refractivity contribution in [3.05, 3.63) is 87.6 Å². The van der Waals surface area contributed by atoms with Gasteiger partial charge >= 0.3 is 0 Å². The molecule has 7 heteroatoms. The third-order valence-electron chi connectivity index (χ3n) is 6.50. The zero-order chi connectivity index (χ0) is 24.1. The average Bonchev–Trinajstić information content (AvgIpc) is 3.35. The molecule has 1 aliphatic heterocycles. The molecule has 1 fully saturated rings. The van der Waals surface area contributed by atoms with E-state index in [0.717, 1.165) is 22.4 Å². The number of benzene rings is 2. The molecule has 3 aromatic rings. The molecule has 180 valence electrons. The maximum Gasteiger partial charge on any atom is 0.243 e. The molecular weight excluding hydrogens is 464 g/mol. The number of carbonyl (C=O) groups excluding carboxylic acids is 1. The second-order valence-electron chi connectivity index (χ2n) is 9.02. The first-order valence-corrected chi connectivity index (χ1v) is 14.1. The van der Waals surface area contributed by atoms with Gasteiger partial charge in [-0.25, -0.2) is 8.42 Å². The summed E-state index contributed by atoms with van der Waals surface area (Å²) in [5.74, 6) is -0.0193. The maximum atomic E-state index is 13.5. The summed E-state index contributed by atoms with van der Waals surface area (Å²) in [4.78, 5) is 17.0. The van der Waals surface area contributed by atoms with Crippen molar-refractivity contribution in [3.8, 4) is 0 Å². The Morgan fingerprint density at radius 3 is 2.41 bits per heavy atom. The van der Waals surface area contributed by atoms with Gasteiger partial charge < -0.3 is 4.90 Å². The molecule has 0 N–H and O–H groups in total. The lowest BCUT2D eigenvalue weighted by atomic mass is 9.96. The van der Waals surface area contributed by atoms with Crippen LogP contribution in [0.1, 0.15) is 34.4 Å². The molecule has 0 spiro atoms. The third kappa shape index (κ3) is 5.77. The Bertz CT molecular complexity index is 1200. The molecule has 0 atom stereocenters. The molecule has 1 aromatic heterocycles. The molecule has 0 aliphatic carbocycles. The molecule has 4 rings (SSSR count). The first-order valence-electron chi connectivity index (χ1n) is 11.8. The van der Waals surface area contributed by atoms with E-state index in [1.54, 1.807) is 21.7 Å². The van der Waals surface area contributed by atoms with Crippen LogP contribution < -0.4 is 0 Å². The van der Waals surface area contributed by atoms with Crippen molar-refractivity contribution in [2.45, 2.75) is 44.6 Å². The van der Waals surface area contributed by atoms with Crippen LogP contribution in [-0.2, 0) is 27.8 Å². The van der Waals surface area contributed by atoms with E-state index < -0.39 is 10.0 Å². The number of aryl methyl sites for hydroxylation is 2. The highest BCUT2D eigenvalue weighted by atomic mass is 32.2. The summed E-state index contributed by atoms with van der Waals surface area (Å²) in [6, 6.07) is 19.7. The van der Waals surface area contributed by atoms with Crippen molar-refractivity contribution in [2.24, 2.45) is 5.92 Å². The minimum Gasteiger partial charge on any atom is -0.337 e. The van der Waals surface area contributed by atoms with Gasteiger partial charge in [-0.3, -0.25) is 4.79 Å². The van der Waals surface area contributed by atoms with Gasteiger partial charge in [0, 0.05) is 30.4 Å². The summed E-state index contributed by atoms with van der Waals surface area (Å²) in [6.07, 6.45) is 1.91. The van der Waals surface area contributed by atoms with Gasteiger partial charge in [0.1, 0.15) is 0 Å². The van der Waals surface area contributed by atoms with E-state index in [1.165, 1.54) is 5.56 Å². The molecule has 5 nitrogen and oxygen atoms in total. The molecule has 2 aromatic carbocycles. The van der Waals surface area contributed by atoms with Gasteiger partial charge in [0.15, 0.2) is 0 Å². The Morgan fingerprint density at radius 1 is 1.03 bits per heavy atom. The van der Waals surface area contributed by atoms with Crippen LogP contribution in [-0.4, -0.2) is 43.2 Å². The number of amides is 1. The zero-order valence-electron chi connectivity index (χ0n) is 19.8. The Labute approximate surface area is 207 Å².